The summed E-state index contributed by atoms with van der Waals surface area (Å²) in [7, 11) is 1.38. The van der Waals surface area contributed by atoms with Crippen molar-refractivity contribution >= 4 is 23.5 Å². The van der Waals surface area contributed by atoms with Gasteiger partial charge in [-0.05, 0) is 36.8 Å². The van der Waals surface area contributed by atoms with Gasteiger partial charge in [0.15, 0.2) is 0 Å². The molecule has 0 bridgehead atoms. The van der Waals surface area contributed by atoms with Crippen LogP contribution in [0.1, 0.15) is 27.8 Å². The second kappa shape index (κ2) is 8.50. The molecule has 2 heterocycles. The fourth-order valence-electron chi connectivity index (χ4n) is 3.26. The van der Waals surface area contributed by atoms with Crippen LogP contribution in [0.4, 0.5) is 0 Å². The lowest BCUT2D eigenvalue weighted by atomic mass is 10.0. The molecule has 1 aromatic heterocycles. The highest BCUT2D eigenvalue weighted by molar-refractivity contribution is 6.30. The SMILES string of the molecule is COC(=O)C(c1ccc(Cl)cc1)N1CCN(C(=O)c2cccc(C)n2)CC1. The predicted molar refractivity (Wildman–Crippen MR) is 103 cm³/mol. The largest absolute Gasteiger partial charge is 0.468 e. The molecule has 6 nitrogen and oxygen atoms in total. The summed E-state index contributed by atoms with van der Waals surface area (Å²) in [6, 6.07) is 12.1. The normalized spacial score (nSPS) is 16.0. The number of rotatable bonds is 4. The molecule has 1 aromatic carbocycles. The second-order valence-corrected chi connectivity index (χ2v) is 6.91. The molecular weight excluding hydrogens is 366 g/mol. The first-order chi connectivity index (χ1) is 13.0. The average Bonchev–Trinajstić information content (AvgIpc) is 2.69. The zero-order valence-electron chi connectivity index (χ0n) is 15.4. The van der Waals surface area contributed by atoms with Gasteiger partial charge in [-0.2, -0.15) is 0 Å². The Bertz CT molecular complexity index is 817. The van der Waals surface area contributed by atoms with E-state index < -0.39 is 6.04 Å². The van der Waals surface area contributed by atoms with Crippen molar-refractivity contribution in [3.05, 3.63) is 64.4 Å². The smallest absolute Gasteiger partial charge is 0.327 e. The lowest BCUT2D eigenvalue weighted by molar-refractivity contribution is -0.148. The van der Waals surface area contributed by atoms with Crippen LogP contribution in [0.3, 0.4) is 0 Å². The van der Waals surface area contributed by atoms with Crippen molar-refractivity contribution in [2.45, 2.75) is 13.0 Å². The van der Waals surface area contributed by atoms with E-state index in [0.717, 1.165) is 11.3 Å². The van der Waals surface area contributed by atoms with Gasteiger partial charge in [-0.25, -0.2) is 9.78 Å². The zero-order chi connectivity index (χ0) is 19.4. The number of hydrogen-bond donors (Lipinski definition) is 0. The number of benzene rings is 1. The Hall–Kier alpha value is -2.44. The first kappa shape index (κ1) is 19.3. The minimum atomic E-state index is -0.512. The van der Waals surface area contributed by atoms with Gasteiger partial charge in [0.05, 0.1) is 7.11 Å². The molecule has 1 aliphatic heterocycles. The minimum Gasteiger partial charge on any atom is -0.468 e. The van der Waals surface area contributed by atoms with Crippen LogP contribution in [-0.4, -0.2) is 59.9 Å². The maximum atomic E-state index is 12.7. The summed E-state index contributed by atoms with van der Waals surface area (Å²) >= 11 is 5.96. The molecule has 0 saturated carbocycles. The van der Waals surface area contributed by atoms with Crippen LogP contribution >= 0.6 is 11.6 Å². The van der Waals surface area contributed by atoms with Crippen molar-refractivity contribution in [2.24, 2.45) is 0 Å². The van der Waals surface area contributed by atoms with Crippen molar-refractivity contribution in [1.29, 1.82) is 0 Å². The summed E-state index contributed by atoms with van der Waals surface area (Å²) in [4.78, 5) is 33.2. The standard InChI is InChI=1S/C20H22ClN3O3/c1-14-4-3-5-17(22-14)19(25)24-12-10-23(11-13-24)18(20(26)27-2)15-6-8-16(21)9-7-15/h3-9,18H,10-13H2,1-2H3. The third kappa shape index (κ3) is 4.46. The molecule has 142 valence electrons. The van der Waals surface area contributed by atoms with Crippen molar-refractivity contribution in [2.75, 3.05) is 33.3 Å². The third-order valence-electron chi connectivity index (χ3n) is 4.68. The van der Waals surface area contributed by atoms with Crippen LogP contribution in [0.5, 0.6) is 0 Å². The van der Waals surface area contributed by atoms with Gasteiger partial charge >= 0.3 is 5.97 Å². The molecule has 2 aromatic rings. The van der Waals surface area contributed by atoms with Gasteiger partial charge in [0.1, 0.15) is 11.7 Å². The number of nitrogens with zero attached hydrogens (tertiary/aromatic N) is 3. The van der Waals surface area contributed by atoms with Gasteiger partial charge < -0.3 is 9.64 Å². The highest BCUT2D eigenvalue weighted by Crippen LogP contribution is 2.25. The number of amides is 1. The molecule has 1 fully saturated rings. The van der Waals surface area contributed by atoms with E-state index in [-0.39, 0.29) is 11.9 Å². The molecular formula is C20H22ClN3O3. The fraction of sp³-hybridized carbons (Fsp3) is 0.350. The number of piperazine rings is 1. The molecule has 0 spiro atoms. The maximum Gasteiger partial charge on any atom is 0.327 e. The molecule has 0 radical (unpaired) electrons. The molecule has 1 atom stereocenters. The lowest BCUT2D eigenvalue weighted by Gasteiger charge is -2.38. The summed E-state index contributed by atoms with van der Waals surface area (Å²) in [5, 5.41) is 0.614. The van der Waals surface area contributed by atoms with Crippen LogP contribution in [0.15, 0.2) is 42.5 Å². The van der Waals surface area contributed by atoms with Crippen LogP contribution in [0.25, 0.3) is 0 Å². The topological polar surface area (TPSA) is 62.7 Å². The summed E-state index contributed by atoms with van der Waals surface area (Å²) in [5.41, 5.74) is 2.09. The van der Waals surface area contributed by atoms with Crippen LogP contribution in [-0.2, 0) is 9.53 Å². The monoisotopic (exact) mass is 387 g/mol. The van der Waals surface area contributed by atoms with Gasteiger partial charge in [-0.3, -0.25) is 9.69 Å². The van der Waals surface area contributed by atoms with E-state index in [1.807, 2.05) is 36.1 Å². The quantitative estimate of drug-likeness (QED) is 0.755. The molecule has 0 N–H and O–H groups in total. The molecule has 3 rings (SSSR count). The number of aromatic nitrogens is 1. The summed E-state index contributed by atoms with van der Waals surface area (Å²) < 4.78 is 5.00. The van der Waals surface area contributed by atoms with E-state index >= 15 is 0 Å². The highest BCUT2D eigenvalue weighted by Gasteiger charge is 2.32. The van der Waals surface area contributed by atoms with Gasteiger partial charge in [-0.15, -0.1) is 0 Å². The molecule has 7 heteroatoms. The van der Waals surface area contributed by atoms with Crippen molar-refractivity contribution in [3.8, 4) is 0 Å². The van der Waals surface area contributed by atoms with E-state index in [4.69, 9.17) is 16.3 Å². The van der Waals surface area contributed by atoms with Crippen LogP contribution < -0.4 is 0 Å². The Morgan fingerprint density at radius 3 is 2.33 bits per heavy atom. The molecule has 1 saturated heterocycles. The Kier molecular flexibility index (Phi) is 6.08. The van der Waals surface area contributed by atoms with Gasteiger partial charge in [0, 0.05) is 36.9 Å². The molecule has 1 unspecified atom stereocenters. The van der Waals surface area contributed by atoms with Gasteiger partial charge in [0.25, 0.3) is 5.91 Å². The van der Waals surface area contributed by atoms with E-state index in [1.165, 1.54) is 7.11 Å². The van der Waals surface area contributed by atoms with Crippen LogP contribution in [0.2, 0.25) is 5.02 Å². The van der Waals surface area contributed by atoms with Crippen molar-refractivity contribution in [1.82, 2.24) is 14.8 Å². The number of esters is 1. The van der Waals surface area contributed by atoms with Crippen molar-refractivity contribution < 1.29 is 14.3 Å². The van der Waals surface area contributed by atoms with Gasteiger partial charge in [-0.1, -0.05) is 29.8 Å². The zero-order valence-corrected chi connectivity index (χ0v) is 16.1. The van der Waals surface area contributed by atoms with Crippen LogP contribution in [0, 0.1) is 6.92 Å². The van der Waals surface area contributed by atoms with Gasteiger partial charge in [0.2, 0.25) is 0 Å². The molecule has 27 heavy (non-hydrogen) atoms. The summed E-state index contributed by atoms with van der Waals surface area (Å²) in [6.07, 6.45) is 0. The number of ether oxygens (including phenoxy) is 1. The minimum absolute atomic E-state index is 0.0838. The number of methoxy groups -OCH3 is 1. The highest BCUT2D eigenvalue weighted by atomic mass is 35.5. The maximum absolute atomic E-state index is 12.7. The van der Waals surface area contributed by atoms with E-state index in [2.05, 4.69) is 4.98 Å². The third-order valence-corrected chi connectivity index (χ3v) is 4.94. The predicted octanol–water partition coefficient (Wildman–Crippen LogP) is 2.72. The molecule has 1 aliphatic rings. The first-order valence-corrected chi connectivity index (χ1v) is 9.17. The van der Waals surface area contributed by atoms with E-state index in [1.54, 1.807) is 23.1 Å². The number of aryl methyl sites for hydroxylation is 1. The summed E-state index contributed by atoms with van der Waals surface area (Å²) in [5.74, 6) is -0.406. The van der Waals surface area contributed by atoms with E-state index in [9.17, 15) is 9.59 Å². The lowest BCUT2D eigenvalue weighted by Crippen LogP contribution is -2.51. The Morgan fingerprint density at radius 1 is 1.07 bits per heavy atom. The number of halogens is 1. The first-order valence-electron chi connectivity index (χ1n) is 8.80. The fourth-order valence-corrected chi connectivity index (χ4v) is 3.39. The average molecular weight is 388 g/mol. The number of pyridine rings is 1. The summed E-state index contributed by atoms with van der Waals surface area (Å²) in [6.45, 7) is 4.05. The Morgan fingerprint density at radius 2 is 1.74 bits per heavy atom. The van der Waals surface area contributed by atoms with E-state index in [0.29, 0.717) is 36.9 Å². The number of hydrogen-bond acceptors (Lipinski definition) is 5. The second-order valence-electron chi connectivity index (χ2n) is 6.47. The Balaban J connectivity index is 1.71. The molecule has 1 amide bonds. The number of carbonyl (C=O) groups is 2. The van der Waals surface area contributed by atoms with Crippen molar-refractivity contribution in [3.63, 3.8) is 0 Å². The Labute approximate surface area is 163 Å². The molecule has 0 aliphatic carbocycles. The number of carbonyl (C=O) groups excluding carboxylic acids is 2.